The van der Waals surface area contributed by atoms with Gasteiger partial charge >= 0.3 is 0 Å². The van der Waals surface area contributed by atoms with Gasteiger partial charge in [0.05, 0.1) is 6.54 Å². The molecule has 5 heteroatoms. The number of hydrogen-bond acceptors (Lipinski definition) is 3. The van der Waals surface area contributed by atoms with Gasteiger partial charge in [-0.25, -0.2) is 0 Å². The highest BCUT2D eigenvalue weighted by Crippen LogP contribution is 2.29. The molecule has 5 nitrogen and oxygen atoms in total. The first-order valence-electron chi connectivity index (χ1n) is 10.7. The van der Waals surface area contributed by atoms with Crippen LogP contribution in [0.3, 0.4) is 0 Å². The van der Waals surface area contributed by atoms with Crippen molar-refractivity contribution in [2.75, 3.05) is 33.2 Å². The third-order valence-electron chi connectivity index (χ3n) is 5.82. The van der Waals surface area contributed by atoms with Gasteiger partial charge < -0.3 is 15.5 Å². The predicted octanol–water partition coefficient (Wildman–Crippen LogP) is 2.69. The van der Waals surface area contributed by atoms with Crippen LogP contribution < -0.4 is 10.6 Å². The molecule has 0 spiro atoms. The normalized spacial score (nSPS) is 20.7. The van der Waals surface area contributed by atoms with Crippen molar-refractivity contribution in [2.24, 2.45) is 4.99 Å². The Kier molecular flexibility index (Phi) is 7.53. The number of likely N-dealkylation sites (N-methyl/N-ethyl adjacent to an activating group) is 1. The summed E-state index contributed by atoms with van der Waals surface area (Å²) in [5.41, 5.74) is 1.35. The lowest BCUT2D eigenvalue weighted by Gasteiger charge is -2.33. The minimum atomic E-state index is 0.400. The average Bonchev–Trinajstić information content (AvgIpc) is 3.52. The van der Waals surface area contributed by atoms with E-state index in [0.29, 0.717) is 12.1 Å². The molecule has 1 unspecified atom stereocenters. The molecule has 1 saturated heterocycles. The molecule has 2 fully saturated rings. The molecule has 1 atom stereocenters. The zero-order valence-electron chi connectivity index (χ0n) is 17.3. The second-order valence-electron chi connectivity index (χ2n) is 8.16. The minimum Gasteiger partial charge on any atom is -0.357 e. The minimum absolute atomic E-state index is 0.400. The molecule has 2 N–H and O–H groups in total. The maximum atomic E-state index is 4.88. The van der Waals surface area contributed by atoms with Gasteiger partial charge in [-0.1, -0.05) is 30.3 Å². The Morgan fingerprint density at radius 3 is 2.52 bits per heavy atom. The molecule has 0 aromatic heterocycles. The van der Waals surface area contributed by atoms with Crippen LogP contribution in [0.2, 0.25) is 0 Å². The lowest BCUT2D eigenvalue weighted by atomic mass is 10.1. The summed E-state index contributed by atoms with van der Waals surface area (Å²) in [5.74, 6) is 0.974. The summed E-state index contributed by atoms with van der Waals surface area (Å²) in [6.07, 6.45) is 5.28. The lowest BCUT2D eigenvalue weighted by molar-refractivity contribution is 0.197. The maximum Gasteiger partial charge on any atom is 0.191 e. The smallest absolute Gasteiger partial charge is 0.191 e. The zero-order valence-corrected chi connectivity index (χ0v) is 17.3. The van der Waals surface area contributed by atoms with Gasteiger partial charge in [0.2, 0.25) is 0 Å². The predicted molar refractivity (Wildman–Crippen MR) is 114 cm³/mol. The Labute approximate surface area is 165 Å². The van der Waals surface area contributed by atoms with Gasteiger partial charge in [-0.05, 0) is 52.1 Å². The van der Waals surface area contributed by atoms with Crippen molar-refractivity contribution in [3.8, 4) is 0 Å². The monoisotopic (exact) mass is 371 g/mol. The molecule has 1 saturated carbocycles. The SMILES string of the molecule is CCNC(=NCC(C)N(C)Cc1ccccc1)NC1CCN(C2CC2)CC1. The summed E-state index contributed by atoms with van der Waals surface area (Å²) >= 11 is 0. The van der Waals surface area contributed by atoms with E-state index in [-0.39, 0.29) is 0 Å². The molecule has 27 heavy (non-hydrogen) atoms. The number of benzene rings is 1. The number of hydrogen-bond donors (Lipinski definition) is 2. The lowest BCUT2D eigenvalue weighted by Crippen LogP contribution is -2.49. The highest BCUT2D eigenvalue weighted by atomic mass is 15.2. The van der Waals surface area contributed by atoms with Gasteiger partial charge in [-0.3, -0.25) is 9.89 Å². The van der Waals surface area contributed by atoms with Crippen LogP contribution in [0.1, 0.15) is 45.1 Å². The largest absolute Gasteiger partial charge is 0.357 e. The summed E-state index contributed by atoms with van der Waals surface area (Å²) in [5, 5.41) is 7.10. The van der Waals surface area contributed by atoms with Crippen molar-refractivity contribution >= 4 is 5.96 Å². The summed E-state index contributed by atoms with van der Waals surface area (Å²) < 4.78 is 0. The fraction of sp³-hybridized carbons (Fsp3) is 0.682. The van der Waals surface area contributed by atoms with Crippen molar-refractivity contribution in [1.29, 1.82) is 0 Å². The van der Waals surface area contributed by atoms with Crippen LogP contribution in [-0.4, -0.2) is 67.1 Å². The van der Waals surface area contributed by atoms with Gasteiger partial charge in [-0.15, -0.1) is 0 Å². The van der Waals surface area contributed by atoms with Crippen molar-refractivity contribution in [3.05, 3.63) is 35.9 Å². The van der Waals surface area contributed by atoms with Gasteiger partial charge in [0, 0.05) is 44.3 Å². The second-order valence-corrected chi connectivity index (χ2v) is 8.16. The third-order valence-corrected chi connectivity index (χ3v) is 5.82. The van der Waals surface area contributed by atoms with Crippen LogP contribution in [0, 0.1) is 0 Å². The number of guanidine groups is 1. The Bertz CT molecular complexity index is 576. The molecule has 1 aliphatic heterocycles. The topological polar surface area (TPSA) is 42.9 Å². The second kappa shape index (κ2) is 10.1. The Morgan fingerprint density at radius 1 is 1.19 bits per heavy atom. The van der Waals surface area contributed by atoms with E-state index in [1.807, 2.05) is 0 Å². The van der Waals surface area contributed by atoms with Gasteiger partial charge in [0.1, 0.15) is 0 Å². The molecule has 1 aromatic rings. The molecule has 2 aliphatic rings. The van der Waals surface area contributed by atoms with E-state index in [2.05, 4.69) is 71.7 Å². The standard InChI is InChI=1S/C22H37N5/c1-4-23-22(25-20-12-14-27(15-13-20)21-10-11-21)24-16-18(2)26(3)17-19-8-6-5-7-9-19/h5-9,18,20-21H,4,10-17H2,1-3H3,(H2,23,24,25). The first-order chi connectivity index (χ1) is 13.2. The number of rotatable bonds is 8. The van der Waals surface area contributed by atoms with Crippen LogP contribution in [-0.2, 0) is 6.54 Å². The Hall–Kier alpha value is -1.59. The van der Waals surface area contributed by atoms with Crippen molar-refractivity contribution in [1.82, 2.24) is 20.4 Å². The van der Waals surface area contributed by atoms with Gasteiger partial charge in [-0.2, -0.15) is 0 Å². The molecular weight excluding hydrogens is 334 g/mol. The van der Waals surface area contributed by atoms with Crippen molar-refractivity contribution < 1.29 is 0 Å². The van der Waals surface area contributed by atoms with Crippen molar-refractivity contribution in [2.45, 2.75) is 64.2 Å². The van der Waals surface area contributed by atoms with Crippen LogP contribution in [0.25, 0.3) is 0 Å². The van der Waals surface area contributed by atoms with E-state index in [4.69, 9.17) is 4.99 Å². The first-order valence-corrected chi connectivity index (χ1v) is 10.7. The van der Waals surface area contributed by atoms with Crippen LogP contribution >= 0.6 is 0 Å². The van der Waals surface area contributed by atoms with Crippen LogP contribution in [0.15, 0.2) is 35.3 Å². The van der Waals surface area contributed by atoms with Gasteiger partial charge in [0.15, 0.2) is 5.96 Å². The summed E-state index contributed by atoms with van der Waals surface area (Å²) in [7, 11) is 2.18. The van der Waals surface area contributed by atoms with Gasteiger partial charge in [0.25, 0.3) is 0 Å². The van der Waals surface area contributed by atoms with Crippen LogP contribution in [0.5, 0.6) is 0 Å². The number of likely N-dealkylation sites (tertiary alicyclic amines) is 1. The number of piperidine rings is 1. The molecule has 1 aromatic carbocycles. The maximum absolute atomic E-state index is 4.88. The fourth-order valence-corrected chi connectivity index (χ4v) is 3.75. The fourth-order valence-electron chi connectivity index (χ4n) is 3.75. The quantitative estimate of drug-likeness (QED) is 0.545. The molecule has 1 aliphatic carbocycles. The third kappa shape index (κ3) is 6.51. The molecule has 0 amide bonds. The molecule has 1 heterocycles. The summed E-state index contributed by atoms with van der Waals surface area (Å²) in [6.45, 7) is 9.53. The molecule has 3 rings (SSSR count). The van der Waals surface area contributed by atoms with Crippen molar-refractivity contribution in [3.63, 3.8) is 0 Å². The molecule has 150 valence electrons. The molecular formula is C22H37N5. The average molecular weight is 372 g/mol. The Balaban J connectivity index is 1.46. The van der Waals surface area contributed by atoms with E-state index >= 15 is 0 Å². The summed E-state index contributed by atoms with van der Waals surface area (Å²) in [4.78, 5) is 9.92. The van der Waals surface area contributed by atoms with Crippen LogP contribution in [0.4, 0.5) is 0 Å². The number of nitrogens with one attached hydrogen (secondary N) is 2. The first kappa shape index (κ1) is 20.2. The molecule has 0 bridgehead atoms. The summed E-state index contributed by atoms with van der Waals surface area (Å²) in [6, 6.07) is 12.5. The van der Waals surface area contributed by atoms with E-state index in [1.165, 1.54) is 44.3 Å². The molecule has 0 radical (unpaired) electrons. The highest BCUT2D eigenvalue weighted by Gasteiger charge is 2.31. The number of nitrogens with zero attached hydrogens (tertiary/aromatic N) is 3. The van der Waals surface area contributed by atoms with E-state index in [9.17, 15) is 0 Å². The van der Waals surface area contributed by atoms with E-state index in [1.54, 1.807) is 0 Å². The van der Waals surface area contributed by atoms with E-state index < -0.39 is 0 Å². The number of aliphatic imine (C=N–C) groups is 1. The highest BCUT2D eigenvalue weighted by molar-refractivity contribution is 5.80. The van der Waals surface area contributed by atoms with E-state index in [0.717, 1.165) is 31.6 Å². The zero-order chi connectivity index (χ0) is 19.1. The Morgan fingerprint density at radius 2 is 1.89 bits per heavy atom.